The van der Waals surface area contributed by atoms with Crippen molar-refractivity contribution in [1.82, 2.24) is 9.80 Å². The standard InChI is InChI=1S/C17H26N2O2/c1-12(2)15-17(21)18-10-5-8-14(18)16(20)19(15)11-9-13-6-3-4-7-13/h6,12,14-15H,3-5,7-11H2,1-2H3. The Balaban J connectivity index is 1.77. The first-order valence-electron chi connectivity index (χ1n) is 8.38. The van der Waals surface area contributed by atoms with Gasteiger partial charge >= 0.3 is 0 Å². The first-order chi connectivity index (χ1) is 10.1. The van der Waals surface area contributed by atoms with Gasteiger partial charge in [-0.3, -0.25) is 9.59 Å². The zero-order valence-electron chi connectivity index (χ0n) is 13.2. The maximum atomic E-state index is 12.8. The fraction of sp³-hybridized carbons (Fsp3) is 0.765. The summed E-state index contributed by atoms with van der Waals surface area (Å²) in [6, 6.07) is -0.432. The summed E-state index contributed by atoms with van der Waals surface area (Å²) in [6.45, 7) is 5.57. The molecule has 0 radical (unpaired) electrons. The Morgan fingerprint density at radius 3 is 2.71 bits per heavy atom. The Kier molecular flexibility index (Phi) is 4.05. The Hall–Kier alpha value is -1.32. The van der Waals surface area contributed by atoms with E-state index in [1.54, 1.807) is 0 Å². The van der Waals surface area contributed by atoms with Crippen LogP contribution < -0.4 is 0 Å². The third kappa shape index (κ3) is 2.60. The van der Waals surface area contributed by atoms with Crippen molar-refractivity contribution in [3.05, 3.63) is 11.6 Å². The van der Waals surface area contributed by atoms with Crippen molar-refractivity contribution in [3.8, 4) is 0 Å². The van der Waals surface area contributed by atoms with Crippen molar-refractivity contribution in [1.29, 1.82) is 0 Å². The van der Waals surface area contributed by atoms with Gasteiger partial charge in [0.1, 0.15) is 12.1 Å². The minimum Gasteiger partial charge on any atom is -0.329 e. The van der Waals surface area contributed by atoms with Crippen LogP contribution >= 0.6 is 0 Å². The lowest BCUT2D eigenvalue weighted by molar-refractivity contribution is -0.161. The maximum absolute atomic E-state index is 12.8. The summed E-state index contributed by atoms with van der Waals surface area (Å²) >= 11 is 0. The molecule has 2 fully saturated rings. The molecular formula is C17H26N2O2. The lowest BCUT2D eigenvalue weighted by Gasteiger charge is -2.44. The van der Waals surface area contributed by atoms with Crippen LogP contribution in [0.3, 0.4) is 0 Å². The van der Waals surface area contributed by atoms with Gasteiger partial charge in [-0.1, -0.05) is 25.5 Å². The number of nitrogens with zero attached hydrogens (tertiary/aromatic N) is 2. The normalized spacial score (nSPS) is 29.4. The Morgan fingerprint density at radius 1 is 1.24 bits per heavy atom. The Morgan fingerprint density at radius 2 is 2.05 bits per heavy atom. The SMILES string of the molecule is CC(C)C1C(=O)N2CCCC2C(=O)N1CCC1=CCCC1. The number of amides is 2. The summed E-state index contributed by atoms with van der Waals surface area (Å²) in [7, 11) is 0. The quantitative estimate of drug-likeness (QED) is 0.746. The predicted octanol–water partition coefficient (Wildman–Crippen LogP) is 2.34. The molecule has 2 unspecified atom stereocenters. The highest BCUT2D eigenvalue weighted by atomic mass is 16.2. The highest BCUT2D eigenvalue weighted by molar-refractivity contribution is 5.97. The average molecular weight is 290 g/mol. The summed E-state index contributed by atoms with van der Waals surface area (Å²) in [5, 5.41) is 0. The highest BCUT2D eigenvalue weighted by Crippen LogP contribution is 2.31. The van der Waals surface area contributed by atoms with Gasteiger partial charge in [0, 0.05) is 13.1 Å². The minimum atomic E-state index is -0.256. The first kappa shape index (κ1) is 14.6. The fourth-order valence-corrected chi connectivity index (χ4v) is 4.04. The second-order valence-electron chi connectivity index (χ2n) is 6.91. The van der Waals surface area contributed by atoms with Gasteiger partial charge in [-0.15, -0.1) is 0 Å². The molecule has 3 aliphatic rings. The van der Waals surface area contributed by atoms with Crippen molar-refractivity contribution in [3.63, 3.8) is 0 Å². The topological polar surface area (TPSA) is 40.6 Å². The molecule has 0 N–H and O–H groups in total. The molecule has 2 saturated heterocycles. The number of rotatable bonds is 4. The molecule has 2 amide bonds. The van der Waals surface area contributed by atoms with Crippen LogP contribution in [0, 0.1) is 5.92 Å². The second-order valence-corrected chi connectivity index (χ2v) is 6.91. The lowest BCUT2D eigenvalue weighted by Crippen LogP contribution is -2.64. The summed E-state index contributed by atoms with van der Waals surface area (Å²) in [5.41, 5.74) is 1.46. The van der Waals surface area contributed by atoms with Crippen LogP contribution in [0.25, 0.3) is 0 Å². The van der Waals surface area contributed by atoms with E-state index in [1.165, 1.54) is 18.4 Å². The minimum absolute atomic E-state index is 0.174. The van der Waals surface area contributed by atoms with Crippen LogP contribution in [0.1, 0.15) is 52.4 Å². The van der Waals surface area contributed by atoms with E-state index in [0.29, 0.717) is 6.54 Å². The molecule has 21 heavy (non-hydrogen) atoms. The zero-order valence-corrected chi connectivity index (χ0v) is 13.2. The van der Waals surface area contributed by atoms with Crippen molar-refractivity contribution < 1.29 is 9.59 Å². The molecule has 1 aliphatic carbocycles. The third-order valence-electron chi connectivity index (χ3n) is 5.13. The molecule has 2 atom stereocenters. The first-order valence-corrected chi connectivity index (χ1v) is 8.38. The lowest BCUT2D eigenvalue weighted by atomic mass is 9.95. The average Bonchev–Trinajstić information content (AvgIpc) is 3.10. The van der Waals surface area contributed by atoms with Crippen LogP contribution in [0.15, 0.2) is 11.6 Å². The van der Waals surface area contributed by atoms with Crippen molar-refractivity contribution in [2.24, 2.45) is 5.92 Å². The van der Waals surface area contributed by atoms with E-state index in [2.05, 4.69) is 6.08 Å². The zero-order chi connectivity index (χ0) is 15.0. The van der Waals surface area contributed by atoms with Crippen LogP contribution in [-0.4, -0.2) is 46.8 Å². The van der Waals surface area contributed by atoms with E-state index < -0.39 is 0 Å². The number of piperazine rings is 1. The Labute approximate surface area is 127 Å². The van der Waals surface area contributed by atoms with Crippen molar-refractivity contribution in [2.75, 3.05) is 13.1 Å². The molecule has 0 spiro atoms. The number of fused-ring (bicyclic) bond motifs is 1. The van der Waals surface area contributed by atoms with E-state index in [4.69, 9.17) is 0 Å². The summed E-state index contributed by atoms with van der Waals surface area (Å²) in [6.07, 6.45) is 8.63. The monoisotopic (exact) mass is 290 g/mol. The third-order valence-corrected chi connectivity index (χ3v) is 5.13. The summed E-state index contributed by atoms with van der Waals surface area (Å²) < 4.78 is 0. The summed E-state index contributed by atoms with van der Waals surface area (Å²) in [5.74, 6) is 0.539. The van der Waals surface area contributed by atoms with E-state index in [1.807, 2.05) is 23.6 Å². The van der Waals surface area contributed by atoms with Crippen LogP contribution in [0.5, 0.6) is 0 Å². The highest BCUT2D eigenvalue weighted by Gasteiger charge is 2.48. The van der Waals surface area contributed by atoms with Gasteiger partial charge < -0.3 is 9.80 Å². The van der Waals surface area contributed by atoms with Crippen molar-refractivity contribution in [2.45, 2.75) is 64.5 Å². The van der Waals surface area contributed by atoms with Gasteiger partial charge in [0.2, 0.25) is 11.8 Å². The number of hydrogen-bond donors (Lipinski definition) is 0. The molecule has 0 saturated carbocycles. The number of hydrogen-bond acceptors (Lipinski definition) is 2. The molecule has 4 nitrogen and oxygen atoms in total. The van der Waals surface area contributed by atoms with Gasteiger partial charge in [0.05, 0.1) is 0 Å². The van der Waals surface area contributed by atoms with Crippen LogP contribution in [0.2, 0.25) is 0 Å². The van der Waals surface area contributed by atoms with Gasteiger partial charge in [-0.2, -0.15) is 0 Å². The molecule has 4 heteroatoms. The summed E-state index contributed by atoms with van der Waals surface area (Å²) in [4.78, 5) is 29.2. The molecule has 0 bridgehead atoms. The van der Waals surface area contributed by atoms with E-state index in [-0.39, 0.29) is 29.8 Å². The fourth-order valence-electron chi connectivity index (χ4n) is 4.04. The molecule has 0 aromatic heterocycles. The van der Waals surface area contributed by atoms with Gasteiger partial charge in [0.25, 0.3) is 0 Å². The molecule has 2 heterocycles. The molecule has 2 aliphatic heterocycles. The Bertz CT molecular complexity index is 469. The van der Waals surface area contributed by atoms with Crippen molar-refractivity contribution >= 4 is 11.8 Å². The van der Waals surface area contributed by atoms with Crippen LogP contribution in [0.4, 0.5) is 0 Å². The second kappa shape index (κ2) is 5.82. The molecule has 116 valence electrons. The van der Waals surface area contributed by atoms with E-state index in [0.717, 1.165) is 32.2 Å². The largest absolute Gasteiger partial charge is 0.329 e. The van der Waals surface area contributed by atoms with E-state index >= 15 is 0 Å². The number of allylic oxidation sites excluding steroid dienone is 1. The van der Waals surface area contributed by atoms with Crippen LogP contribution in [-0.2, 0) is 9.59 Å². The maximum Gasteiger partial charge on any atom is 0.246 e. The van der Waals surface area contributed by atoms with Gasteiger partial charge in [-0.05, 0) is 44.4 Å². The predicted molar refractivity (Wildman–Crippen MR) is 81.6 cm³/mol. The van der Waals surface area contributed by atoms with E-state index in [9.17, 15) is 9.59 Å². The van der Waals surface area contributed by atoms with Gasteiger partial charge in [-0.25, -0.2) is 0 Å². The smallest absolute Gasteiger partial charge is 0.246 e. The number of carbonyl (C=O) groups is 2. The molecular weight excluding hydrogens is 264 g/mol. The van der Waals surface area contributed by atoms with Gasteiger partial charge in [0.15, 0.2) is 0 Å². The number of carbonyl (C=O) groups excluding carboxylic acids is 2. The molecule has 0 aromatic carbocycles. The molecule has 0 aromatic rings. The molecule has 3 rings (SSSR count).